The molecule has 2 aliphatic heterocycles. The smallest absolute Gasteiger partial charge is 0.282 e. The van der Waals surface area contributed by atoms with Crippen LogP contribution in [0.25, 0.3) is 0 Å². The van der Waals surface area contributed by atoms with Crippen LogP contribution in [0.1, 0.15) is 77.0 Å². The SMILES string of the molecule is O=C1C(=O)N(C23CC4CC(CC(C4)C2)C3)C(=O)N1CN1CCC[C@@H]2CCCC[C@@H]21. The van der Waals surface area contributed by atoms with E-state index in [2.05, 4.69) is 4.90 Å². The molecule has 2 atom stereocenters. The topological polar surface area (TPSA) is 60.9 Å². The first kappa shape index (κ1) is 18.3. The molecule has 0 unspecified atom stereocenters. The number of carbonyl (C=O) groups is 3. The Bertz CT molecular complexity index is 712. The maximum atomic E-state index is 13.5. The number of hydrogen-bond donors (Lipinski definition) is 0. The summed E-state index contributed by atoms with van der Waals surface area (Å²) in [4.78, 5) is 44.5. The van der Waals surface area contributed by atoms with E-state index >= 15 is 0 Å². The van der Waals surface area contributed by atoms with Crippen LogP contribution in [-0.4, -0.2) is 57.3 Å². The third-order valence-electron chi connectivity index (χ3n) is 9.21. The Morgan fingerprint density at radius 2 is 1.41 bits per heavy atom. The van der Waals surface area contributed by atoms with Crippen LogP contribution in [0.2, 0.25) is 0 Å². The number of fused-ring (bicyclic) bond motifs is 1. The zero-order chi connectivity index (χ0) is 19.8. The van der Waals surface area contributed by atoms with Gasteiger partial charge in [-0.1, -0.05) is 12.8 Å². The van der Waals surface area contributed by atoms with Crippen molar-refractivity contribution >= 4 is 17.8 Å². The lowest BCUT2D eigenvalue weighted by Crippen LogP contribution is -2.62. The third kappa shape index (κ3) is 2.74. The van der Waals surface area contributed by atoms with Gasteiger partial charge in [-0.05, 0) is 87.9 Å². The second-order valence-electron chi connectivity index (χ2n) is 11.0. The molecule has 29 heavy (non-hydrogen) atoms. The van der Waals surface area contributed by atoms with E-state index in [1.807, 2.05) is 0 Å². The average Bonchev–Trinajstić information content (AvgIpc) is 2.91. The van der Waals surface area contributed by atoms with E-state index in [1.54, 1.807) is 0 Å². The van der Waals surface area contributed by atoms with Crippen LogP contribution in [0, 0.1) is 23.7 Å². The lowest BCUT2D eigenvalue weighted by molar-refractivity contribution is -0.150. The Balaban J connectivity index is 1.24. The quantitative estimate of drug-likeness (QED) is 0.539. The minimum absolute atomic E-state index is 0.313. The fourth-order valence-electron chi connectivity index (χ4n) is 8.47. The summed E-state index contributed by atoms with van der Waals surface area (Å²) < 4.78 is 0. The van der Waals surface area contributed by atoms with Gasteiger partial charge in [0.2, 0.25) is 0 Å². The summed E-state index contributed by atoms with van der Waals surface area (Å²) >= 11 is 0. The highest BCUT2D eigenvalue weighted by Crippen LogP contribution is 2.58. The molecule has 0 aromatic carbocycles. The minimum Gasteiger partial charge on any atom is -0.282 e. The van der Waals surface area contributed by atoms with Crippen molar-refractivity contribution in [1.29, 1.82) is 0 Å². The fraction of sp³-hybridized carbons (Fsp3) is 0.870. The molecular formula is C23H33N3O3. The van der Waals surface area contributed by atoms with Gasteiger partial charge in [0.25, 0.3) is 0 Å². The first-order chi connectivity index (χ1) is 14.0. The zero-order valence-corrected chi connectivity index (χ0v) is 17.4. The van der Waals surface area contributed by atoms with Crippen LogP contribution in [0.4, 0.5) is 4.79 Å². The molecule has 0 aromatic rings. The van der Waals surface area contributed by atoms with E-state index in [9.17, 15) is 14.4 Å². The number of hydrogen-bond acceptors (Lipinski definition) is 4. The van der Waals surface area contributed by atoms with E-state index in [-0.39, 0.29) is 11.6 Å². The lowest BCUT2D eigenvalue weighted by Gasteiger charge is -2.58. The maximum absolute atomic E-state index is 13.5. The Morgan fingerprint density at radius 1 is 0.793 bits per heavy atom. The Hall–Kier alpha value is -1.43. The lowest BCUT2D eigenvalue weighted by atomic mass is 9.52. The van der Waals surface area contributed by atoms with Crippen LogP contribution in [0.3, 0.4) is 0 Å². The normalized spacial score (nSPS) is 44.7. The first-order valence-electron chi connectivity index (χ1n) is 12.0. The molecule has 0 N–H and O–H groups in total. The molecule has 7 aliphatic rings. The number of imide groups is 2. The molecule has 7 fully saturated rings. The summed E-state index contributed by atoms with van der Waals surface area (Å²) in [6.45, 7) is 1.25. The standard InChI is InChI=1S/C23H33N3O3/c27-20-21(28)26(23-11-15-8-16(12-23)10-17(9-15)13-23)22(29)25(20)14-24-7-3-5-18-4-1-2-6-19(18)24/h15-19H,1-14H2/t15?,16?,17?,18-,19-,23?/m0/s1. The van der Waals surface area contributed by atoms with Gasteiger partial charge in [-0.3, -0.25) is 14.5 Å². The van der Waals surface area contributed by atoms with E-state index < -0.39 is 11.8 Å². The van der Waals surface area contributed by atoms with Crippen LogP contribution in [-0.2, 0) is 9.59 Å². The van der Waals surface area contributed by atoms with Crippen molar-refractivity contribution in [3.63, 3.8) is 0 Å². The molecule has 4 bridgehead atoms. The minimum atomic E-state index is -0.580. The van der Waals surface area contributed by atoms with Gasteiger partial charge in [0.1, 0.15) is 0 Å². The van der Waals surface area contributed by atoms with Gasteiger partial charge < -0.3 is 0 Å². The molecule has 5 aliphatic carbocycles. The molecule has 7 rings (SSSR count). The molecule has 0 radical (unpaired) electrons. The van der Waals surface area contributed by atoms with Crippen molar-refractivity contribution in [2.45, 2.75) is 88.6 Å². The van der Waals surface area contributed by atoms with Crippen LogP contribution in [0.5, 0.6) is 0 Å². The summed E-state index contributed by atoms with van der Waals surface area (Å²) in [6.07, 6.45) is 13.9. The second kappa shape index (κ2) is 6.53. The van der Waals surface area contributed by atoms with Crippen molar-refractivity contribution in [2.75, 3.05) is 13.2 Å². The van der Waals surface area contributed by atoms with Crippen LogP contribution >= 0.6 is 0 Å². The van der Waals surface area contributed by atoms with Gasteiger partial charge in [-0.15, -0.1) is 0 Å². The summed E-state index contributed by atoms with van der Waals surface area (Å²) in [5.74, 6) is 1.47. The Labute approximate surface area is 172 Å². The van der Waals surface area contributed by atoms with Gasteiger partial charge in [-0.2, -0.15) is 0 Å². The maximum Gasteiger partial charge on any atom is 0.335 e. The average molecular weight is 400 g/mol. The van der Waals surface area contributed by atoms with Crippen molar-refractivity contribution in [1.82, 2.24) is 14.7 Å². The number of rotatable bonds is 3. The van der Waals surface area contributed by atoms with Crippen molar-refractivity contribution in [2.24, 2.45) is 23.7 Å². The van der Waals surface area contributed by atoms with E-state index in [0.29, 0.717) is 36.4 Å². The summed E-state index contributed by atoms with van der Waals surface area (Å²) in [5, 5.41) is 0. The molecule has 4 amide bonds. The molecule has 6 heteroatoms. The summed E-state index contributed by atoms with van der Waals surface area (Å²) in [5.41, 5.74) is -0.372. The number of urea groups is 1. The number of likely N-dealkylation sites (tertiary alicyclic amines) is 1. The second-order valence-corrected chi connectivity index (χ2v) is 11.0. The number of piperidine rings is 1. The van der Waals surface area contributed by atoms with Gasteiger partial charge in [0.15, 0.2) is 0 Å². The first-order valence-corrected chi connectivity index (χ1v) is 12.0. The molecule has 158 valence electrons. The highest BCUT2D eigenvalue weighted by atomic mass is 16.2. The van der Waals surface area contributed by atoms with Crippen molar-refractivity contribution in [3.8, 4) is 0 Å². The van der Waals surface area contributed by atoms with Gasteiger partial charge in [0.05, 0.1) is 12.2 Å². The third-order valence-corrected chi connectivity index (χ3v) is 9.21. The summed E-state index contributed by atoms with van der Waals surface area (Å²) in [6, 6.07) is 0.154. The molecule has 0 aromatic heterocycles. The fourth-order valence-corrected chi connectivity index (χ4v) is 8.47. The molecule has 5 saturated carbocycles. The molecule has 6 nitrogen and oxygen atoms in total. The molecular weight excluding hydrogens is 366 g/mol. The van der Waals surface area contributed by atoms with Crippen molar-refractivity contribution < 1.29 is 14.4 Å². The van der Waals surface area contributed by atoms with Gasteiger partial charge in [0, 0.05) is 12.6 Å². The highest BCUT2D eigenvalue weighted by molar-refractivity contribution is 6.44. The monoisotopic (exact) mass is 399 g/mol. The molecule has 0 spiro atoms. The predicted molar refractivity (Wildman–Crippen MR) is 107 cm³/mol. The Morgan fingerprint density at radius 3 is 2.10 bits per heavy atom. The van der Waals surface area contributed by atoms with E-state index in [1.165, 1.54) is 54.7 Å². The zero-order valence-electron chi connectivity index (χ0n) is 17.4. The van der Waals surface area contributed by atoms with Crippen molar-refractivity contribution in [3.05, 3.63) is 0 Å². The predicted octanol–water partition coefficient (Wildman–Crippen LogP) is 3.36. The Kier molecular flexibility index (Phi) is 4.13. The van der Waals surface area contributed by atoms with Gasteiger partial charge in [-0.25, -0.2) is 14.6 Å². The number of amides is 4. The van der Waals surface area contributed by atoms with E-state index in [0.717, 1.165) is 38.6 Å². The number of carbonyl (C=O) groups excluding carboxylic acids is 3. The molecule has 2 saturated heterocycles. The van der Waals surface area contributed by atoms with Crippen LogP contribution in [0.15, 0.2) is 0 Å². The van der Waals surface area contributed by atoms with Crippen LogP contribution < -0.4 is 0 Å². The summed E-state index contributed by atoms with van der Waals surface area (Å²) in [7, 11) is 0. The number of nitrogens with zero attached hydrogens (tertiary/aromatic N) is 3. The highest BCUT2D eigenvalue weighted by Gasteiger charge is 2.61. The largest absolute Gasteiger partial charge is 0.335 e. The van der Waals surface area contributed by atoms with E-state index in [4.69, 9.17) is 0 Å². The molecule has 2 heterocycles. The van der Waals surface area contributed by atoms with Gasteiger partial charge >= 0.3 is 17.8 Å².